The maximum Gasteiger partial charge on any atom is 0.251 e. The van der Waals surface area contributed by atoms with Crippen LogP contribution in [0.4, 0.5) is 8.78 Å². The van der Waals surface area contributed by atoms with Crippen molar-refractivity contribution in [2.45, 2.75) is 18.9 Å². The van der Waals surface area contributed by atoms with E-state index in [4.69, 9.17) is 5.73 Å². The summed E-state index contributed by atoms with van der Waals surface area (Å²) < 4.78 is 23.8. The summed E-state index contributed by atoms with van der Waals surface area (Å²) >= 11 is 0. The third-order valence-electron chi connectivity index (χ3n) is 1.94. The van der Waals surface area contributed by atoms with Crippen molar-refractivity contribution in [3.8, 4) is 0 Å². The van der Waals surface area contributed by atoms with Crippen LogP contribution in [0.2, 0.25) is 0 Å². The normalized spacial score (nSPS) is 13.6. The van der Waals surface area contributed by atoms with Gasteiger partial charge in [0.25, 0.3) is 6.43 Å². The Morgan fingerprint density at radius 2 is 2.14 bits per heavy atom. The first kappa shape index (κ1) is 13.2. The Balaban J connectivity index is 3.73. The Hall–Kier alpha value is -0.750. The Bertz CT molecular complexity index is 178. The third-order valence-corrected chi connectivity index (χ3v) is 1.94. The van der Waals surface area contributed by atoms with E-state index in [1.54, 1.807) is 14.1 Å². The van der Waals surface area contributed by atoms with Gasteiger partial charge < -0.3 is 16.0 Å². The first-order chi connectivity index (χ1) is 6.47. The number of hydrogen-bond donors (Lipinski definition) is 2. The van der Waals surface area contributed by atoms with Gasteiger partial charge in [-0.1, -0.05) is 0 Å². The first-order valence-corrected chi connectivity index (χ1v) is 4.40. The molecule has 0 aromatic carbocycles. The van der Waals surface area contributed by atoms with E-state index in [0.29, 0.717) is 13.0 Å². The summed E-state index contributed by atoms with van der Waals surface area (Å²) in [4.78, 5) is 12.2. The highest BCUT2D eigenvalue weighted by Gasteiger charge is 2.14. The van der Waals surface area contributed by atoms with Crippen molar-refractivity contribution >= 4 is 5.91 Å². The summed E-state index contributed by atoms with van der Waals surface area (Å²) in [7, 11) is 3.20. The number of carbonyl (C=O) groups excluding carboxylic acids is 1. The zero-order valence-corrected chi connectivity index (χ0v) is 8.46. The summed E-state index contributed by atoms with van der Waals surface area (Å²) in [5.74, 6) is -0.460. The predicted octanol–water partition coefficient (Wildman–Crippen LogP) is -0.353. The van der Waals surface area contributed by atoms with Crippen molar-refractivity contribution in [1.29, 1.82) is 0 Å². The Labute approximate surface area is 82.4 Å². The van der Waals surface area contributed by atoms with Crippen molar-refractivity contribution in [3.63, 3.8) is 0 Å². The number of nitrogens with two attached hydrogens (primary N) is 1. The van der Waals surface area contributed by atoms with E-state index in [-0.39, 0.29) is 6.54 Å². The Kier molecular flexibility index (Phi) is 6.31. The van der Waals surface area contributed by atoms with E-state index in [9.17, 15) is 13.6 Å². The molecular weight excluding hydrogens is 192 g/mol. The predicted molar refractivity (Wildman–Crippen MR) is 50.2 cm³/mol. The van der Waals surface area contributed by atoms with E-state index < -0.39 is 18.4 Å². The molecule has 1 atom stereocenters. The molecule has 0 aromatic rings. The number of amides is 1. The zero-order chi connectivity index (χ0) is 11.1. The van der Waals surface area contributed by atoms with Crippen molar-refractivity contribution in [2.75, 3.05) is 27.2 Å². The van der Waals surface area contributed by atoms with Crippen LogP contribution in [0, 0.1) is 0 Å². The molecule has 14 heavy (non-hydrogen) atoms. The van der Waals surface area contributed by atoms with E-state index in [2.05, 4.69) is 5.32 Å². The molecule has 0 radical (unpaired) electrons. The molecule has 0 rings (SSSR count). The molecule has 3 N–H and O–H groups in total. The lowest BCUT2D eigenvalue weighted by molar-refractivity contribution is -0.120. The average Bonchev–Trinajstić information content (AvgIpc) is 2.03. The van der Waals surface area contributed by atoms with Crippen LogP contribution >= 0.6 is 0 Å². The molecule has 0 spiro atoms. The van der Waals surface area contributed by atoms with Crippen LogP contribution in [-0.2, 0) is 4.79 Å². The van der Waals surface area contributed by atoms with Crippen LogP contribution in [0.25, 0.3) is 0 Å². The second-order valence-corrected chi connectivity index (χ2v) is 3.19. The lowest BCUT2D eigenvalue weighted by Crippen LogP contribution is -2.41. The highest BCUT2D eigenvalue weighted by molar-refractivity contribution is 5.79. The number of halogens is 2. The maximum absolute atomic E-state index is 11.9. The summed E-state index contributed by atoms with van der Waals surface area (Å²) in [5.41, 5.74) is 5.07. The largest absolute Gasteiger partial charge is 0.368 e. The standard InChI is InChI=1S/C8H17F2N3O/c1-12-6(8(11)14)3-4-13(2)5-7(9)10/h6-7,12H,3-5H2,1-2H3,(H2,11,14). The van der Waals surface area contributed by atoms with Gasteiger partial charge in [0.05, 0.1) is 12.6 Å². The molecule has 6 heteroatoms. The van der Waals surface area contributed by atoms with Crippen LogP contribution in [-0.4, -0.2) is 50.5 Å². The van der Waals surface area contributed by atoms with Gasteiger partial charge in [0.1, 0.15) is 0 Å². The summed E-state index contributed by atoms with van der Waals surface area (Å²) in [6.07, 6.45) is -1.91. The fourth-order valence-corrected chi connectivity index (χ4v) is 1.11. The second kappa shape index (κ2) is 6.67. The molecule has 0 aliphatic rings. The molecular formula is C8H17F2N3O. The fraction of sp³-hybridized carbons (Fsp3) is 0.875. The number of carbonyl (C=O) groups is 1. The number of rotatable bonds is 7. The van der Waals surface area contributed by atoms with Gasteiger partial charge in [-0.15, -0.1) is 0 Å². The molecule has 0 aliphatic carbocycles. The molecule has 1 unspecified atom stereocenters. The monoisotopic (exact) mass is 209 g/mol. The second-order valence-electron chi connectivity index (χ2n) is 3.19. The average molecular weight is 209 g/mol. The minimum atomic E-state index is -2.35. The highest BCUT2D eigenvalue weighted by atomic mass is 19.3. The minimum absolute atomic E-state index is 0.283. The van der Waals surface area contributed by atoms with E-state index >= 15 is 0 Å². The smallest absolute Gasteiger partial charge is 0.251 e. The SMILES string of the molecule is CNC(CCN(C)CC(F)F)C(N)=O. The third kappa shape index (κ3) is 5.82. The van der Waals surface area contributed by atoms with Crippen molar-refractivity contribution < 1.29 is 13.6 Å². The van der Waals surface area contributed by atoms with Gasteiger partial charge in [-0.05, 0) is 20.5 Å². The molecule has 0 bridgehead atoms. The molecule has 0 heterocycles. The fourth-order valence-electron chi connectivity index (χ4n) is 1.11. The molecule has 84 valence electrons. The number of hydrogen-bond acceptors (Lipinski definition) is 3. The molecule has 0 saturated carbocycles. The van der Waals surface area contributed by atoms with Crippen LogP contribution in [0.1, 0.15) is 6.42 Å². The van der Waals surface area contributed by atoms with Gasteiger partial charge in [0.2, 0.25) is 5.91 Å². The number of nitrogens with zero attached hydrogens (tertiary/aromatic N) is 1. The van der Waals surface area contributed by atoms with E-state index in [1.165, 1.54) is 4.90 Å². The van der Waals surface area contributed by atoms with Gasteiger partial charge in [-0.2, -0.15) is 0 Å². The molecule has 0 aromatic heterocycles. The summed E-state index contributed by atoms with van der Waals surface area (Å²) in [5, 5.41) is 2.72. The van der Waals surface area contributed by atoms with Crippen molar-refractivity contribution in [2.24, 2.45) is 5.73 Å². The zero-order valence-electron chi connectivity index (χ0n) is 8.46. The van der Waals surface area contributed by atoms with Gasteiger partial charge >= 0.3 is 0 Å². The summed E-state index contributed by atoms with van der Waals surface area (Å²) in [6.45, 7) is 0.133. The van der Waals surface area contributed by atoms with Gasteiger partial charge in [0, 0.05) is 6.54 Å². The lowest BCUT2D eigenvalue weighted by Gasteiger charge is -2.18. The Morgan fingerprint density at radius 3 is 2.50 bits per heavy atom. The number of nitrogens with one attached hydrogen (secondary N) is 1. The Morgan fingerprint density at radius 1 is 1.57 bits per heavy atom. The van der Waals surface area contributed by atoms with Crippen molar-refractivity contribution in [3.05, 3.63) is 0 Å². The summed E-state index contributed by atoms with van der Waals surface area (Å²) in [6, 6.07) is -0.449. The lowest BCUT2D eigenvalue weighted by atomic mass is 10.2. The van der Waals surface area contributed by atoms with Gasteiger partial charge in [-0.3, -0.25) is 4.79 Å². The number of primary amides is 1. The quantitative estimate of drug-likeness (QED) is 0.602. The molecule has 0 aliphatic heterocycles. The molecule has 1 amide bonds. The van der Waals surface area contributed by atoms with E-state index in [1.807, 2.05) is 0 Å². The highest BCUT2D eigenvalue weighted by Crippen LogP contribution is 1.98. The first-order valence-electron chi connectivity index (χ1n) is 4.40. The number of alkyl halides is 2. The van der Waals surface area contributed by atoms with Crippen LogP contribution < -0.4 is 11.1 Å². The minimum Gasteiger partial charge on any atom is -0.368 e. The van der Waals surface area contributed by atoms with E-state index in [0.717, 1.165) is 0 Å². The molecule has 0 fully saturated rings. The van der Waals surface area contributed by atoms with Gasteiger partial charge in [-0.25, -0.2) is 8.78 Å². The van der Waals surface area contributed by atoms with Crippen LogP contribution in [0.5, 0.6) is 0 Å². The number of likely N-dealkylation sites (N-methyl/N-ethyl adjacent to an activating group) is 1. The molecule has 4 nitrogen and oxygen atoms in total. The maximum atomic E-state index is 11.9. The topological polar surface area (TPSA) is 58.4 Å². The van der Waals surface area contributed by atoms with Crippen molar-refractivity contribution in [1.82, 2.24) is 10.2 Å². The molecule has 0 saturated heterocycles. The van der Waals surface area contributed by atoms with Crippen LogP contribution in [0.15, 0.2) is 0 Å². The van der Waals surface area contributed by atoms with Gasteiger partial charge in [0.15, 0.2) is 0 Å². The van der Waals surface area contributed by atoms with Crippen LogP contribution in [0.3, 0.4) is 0 Å².